The lowest BCUT2D eigenvalue weighted by atomic mass is 10.3. The van der Waals surface area contributed by atoms with Gasteiger partial charge in [0.25, 0.3) is 0 Å². The molecule has 4 rings (SSSR count). The first-order valence-electron chi connectivity index (χ1n) is 12.0. The lowest BCUT2D eigenvalue weighted by Gasteiger charge is -2.22. The average Bonchev–Trinajstić information content (AvgIpc) is 2.95. The molecule has 0 bridgehead atoms. The zero-order valence-electron chi connectivity index (χ0n) is 20.9. The Morgan fingerprint density at radius 1 is 0.800 bits per heavy atom. The van der Waals surface area contributed by atoms with Crippen LogP contribution in [-0.4, -0.2) is 48.3 Å². The lowest BCUT2D eigenvalue weighted by molar-refractivity contribution is -0.384. The smallest absolute Gasteiger partial charge is 0.311 e. The van der Waals surface area contributed by atoms with Gasteiger partial charge in [-0.1, -0.05) is 23.2 Å². The molecule has 208 valence electrons. The average molecular weight is 603 g/mol. The maximum absolute atomic E-state index is 13.6. The molecule has 0 aliphatic heterocycles. The van der Waals surface area contributed by atoms with E-state index >= 15 is 0 Å². The molecule has 40 heavy (non-hydrogen) atoms. The van der Waals surface area contributed by atoms with Crippen molar-refractivity contribution in [2.75, 3.05) is 40.9 Å². The van der Waals surface area contributed by atoms with Crippen LogP contribution in [0.15, 0.2) is 90.1 Å². The van der Waals surface area contributed by atoms with Crippen LogP contribution < -0.4 is 21.3 Å². The van der Waals surface area contributed by atoms with Crippen LogP contribution in [0.5, 0.6) is 0 Å². The van der Waals surface area contributed by atoms with E-state index in [4.69, 9.17) is 23.2 Å². The molecule has 4 aromatic rings. The van der Waals surface area contributed by atoms with E-state index < -0.39 is 20.1 Å². The molecule has 0 aliphatic carbocycles. The van der Waals surface area contributed by atoms with Gasteiger partial charge in [0, 0.05) is 47.3 Å². The minimum absolute atomic E-state index is 0.00686. The van der Waals surface area contributed by atoms with Crippen molar-refractivity contribution in [1.29, 1.82) is 0 Å². The van der Waals surface area contributed by atoms with Crippen molar-refractivity contribution in [2.24, 2.45) is 0 Å². The Morgan fingerprint density at radius 2 is 1.40 bits per heavy atom. The van der Waals surface area contributed by atoms with E-state index in [0.717, 1.165) is 5.69 Å². The number of nitro groups is 1. The minimum Gasteiger partial charge on any atom is -0.383 e. The van der Waals surface area contributed by atoms with Crippen LogP contribution in [0, 0.1) is 10.1 Å². The monoisotopic (exact) mass is 601 g/mol. The Kier molecular flexibility index (Phi) is 9.59. The summed E-state index contributed by atoms with van der Waals surface area (Å²) < 4.78 is 27.2. The lowest BCUT2D eigenvalue weighted by Crippen LogP contribution is -2.37. The van der Waals surface area contributed by atoms with Crippen LogP contribution >= 0.6 is 23.2 Å². The highest BCUT2D eigenvalue weighted by molar-refractivity contribution is 7.92. The molecule has 2 aromatic heterocycles. The van der Waals surface area contributed by atoms with Crippen LogP contribution in [0.4, 0.5) is 28.7 Å². The standard InChI is InChI=1S/C26H25Cl2N7O4S/c27-18-5-9-20(10-6-18)29-15-16-32-25-22(3-1-13-30-25)33-17-24(34-26-23(35(36)37)4-2-14-31-26)40(38,39)21-11-7-19(28)8-12-21/h1-14,24,29,33H,15-17H2,(H,30,32)(H,31,34). The van der Waals surface area contributed by atoms with Crippen molar-refractivity contribution in [3.05, 3.63) is 105 Å². The van der Waals surface area contributed by atoms with Gasteiger partial charge >= 0.3 is 5.69 Å². The first-order chi connectivity index (χ1) is 19.2. The molecule has 0 saturated heterocycles. The normalized spacial score (nSPS) is 11.8. The molecule has 0 radical (unpaired) electrons. The fraction of sp³-hybridized carbons (Fsp3) is 0.154. The van der Waals surface area contributed by atoms with E-state index in [-0.39, 0.29) is 22.9 Å². The predicted octanol–water partition coefficient (Wildman–Crippen LogP) is 5.54. The second-order valence-electron chi connectivity index (χ2n) is 8.40. The summed E-state index contributed by atoms with van der Waals surface area (Å²) in [6.07, 6.45) is 2.95. The number of sulfone groups is 1. The van der Waals surface area contributed by atoms with Crippen molar-refractivity contribution < 1.29 is 13.3 Å². The first kappa shape index (κ1) is 28.9. The minimum atomic E-state index is -4.05. The summed E-state index contributed by atoms with van der Waals surface area (Å²) >= 11 is 11.9. The molecule has 2 aromatic carbocycles. The molecular formula is C26H25Cl2N7O4S. The van der Waals surface area contributed by atoms with Gasteiger partial charge in [0.05, 0.1) is 22.1 Å². The first-order valence-corrected chi connectivity index (χ1v) is 14.3. The number of aromatic nitrogens is 2. The summed E-state index contributed by atoms with van der Waals surface area (Å²) in [5.74, 6) is 0.335. The zero-order valence-corrected chi connectivity index (χ0v) is 23.2. The van der Waals surface area contributed by atoms with Gasteiger partial charge in [-0.2, -0.15) is 0 Å². The Labute approximate surface area is 241 Å². The molecule has 1 atom stereocenters. The van der Waals surface area contributed by atoms with Crippen molar-refractivity contribution in [3.8, 4) is 0 Å². The number of rotatable bonds is 13. The van der Waals surface area contributed by atoms with Gasteiger partial charge in [0.1, 0.15) is 5.82 Å². The summed E-state index contributed by atoms with van der Waals surface area (Å²) in [4.78, 5) is 19.3. The molecule has 0 amide bonds. The Bertz CT molecular complexity index is 1560. The predicted molar refractivity (Wildman–Crippen MR) is 158 cm³/mol. The fourth-order valence-corrected chi connectivity index (χ4v) is 5.35. The number of pyridine rings is 2. The molecule has 0 fully saturated rings. The van der Waals surface area contributed by atoms with Gasteiger partial charge in [-0.15, -0.1) is 0 Å². The van der Waals surface area contributed by atoms with Crippen LogP contribution in [0.3, 0.4) is 0 Å². The summed E-state index contributed by atoms with van der Waals surface area (Å²) in [7, 11) is -4.05. The van der Waals surface area contributed by atoms with Crippen molar-refractivity contribution in [1.82, 2.24) is 9.97 Å². The Balaban J connectivity index is 1.51. The molecule has 14 heteroatoms. The largest absolute Gasteiger partial charge is 0.383 e. The molecule has 4 N–H and O–H groups in total. The Morgan fingerprint density at radius 3 is 2.08 bits per heavy atom. The summed E-state index contributed by atoms with van der Waals surface area (Å²) in [5, 5.41) is 23.6. The van der Waals surface area contributed by atoms with E-state index in [1.807, 2.05) is 12.1 Å². The summed E-state index contributed by atoms with van der Waals surface area (Å²) in [6.45, 7) is 0.928. The quantitative estimate of drug-likeness (QED) is 0.0872. The van der Waals surface area contributed by atoms with Gasteiger partial charge in [-0.3, -0.25) is 10.1 Å². The van der Waals surface area contributed by atoms with E-state index in [1.165, 1.54) is 42.6 Å². The van der Waals surface area contributed by atoms with Gasteiger partial charge in [0.2, 0.25) is 15.7 Å². The number of hydrogen-bond acceptors (Lipinski definition) is 10. The third-order valence-corrected chi connectivity index (χ3v) is 8.14. The SMILES string of the molecule is O=[N+]([O-])c1cccnc1NC(CNc1cccnc1NCCNc1ccc(Cl)cc1)S(=O)(=O)c1ccc(Cl)cc1. The number of halogens is 2. The third kappa shape index (κ3) is 7.50. The van der Waals surface area contributed by atoms with E-state index in [2.05, 4.69) is 31.2 Å². The maximum atomic E-state index is 13.6. The van der Waals surface area contributed by atoms with Crippen molar-refractivity contribution >= 4 is 61.7 Å². The van der Waals surface area contributed by atoms with Crippen LogP contribution in [0.25, 0.3) is 0 Å². The van der Waals surface area contributed by atoms with E-state index in [9.17, 15) is 18.5 Å². The molecule has 0 aliphatic rings. The topological polar surface area (TPSA) is 151 Å². The molecular weight excluding hydrogens is 577 g/mol. The van der Waals surface area contributed by atoms with Gasteiger partial charge < -0.3 is 21.3 Å². The molecule has 0 spiro atoms. The van der Waals surface area contributed by atoms with Crippen LogP contribution in [-0.2, 0) is 9.84 Å². The molecule has 11 nitrogen and oxygen atoms in total. The highest BCUT2D eigenvalue weighted by Crippen LogP contribution is 2.26. The van der Waals surface area contributed by atoms with E-state index in [0.29, 0.717) is 34.6 Å². The number of hydrogen-bond donors (Lipinski definition) is 4. The van der Waals surface area contributed by atoms with Crippen molar-refractivity contribution in [2.45, 2.75) is 10.3 Å². The van der Waals surface area contributed by atoms with Crippen LogP contribution in [0.2, 0.25) is 10.0 Å². The third-order valence-electron chi connectivity index (χ3n) is 5.67. The highest BCUT2D eigenvalue weighted by atomic mass is 35.5. The van der Waals surface area contributed by atoms with Crippen molar-refractivity contribution in [3.63, 3.8) is 0 Å². The molecule has 2 heterocycles. The summed E-state index contributed by atoms with van der Waals surface area (Å²) in [5.41, 5.74) is 1.11. The zero-order chi connectivity index (χ0) is 28.5. The maximum Gasteiger partial charge on any atom is 0.311 e. The highest BCUT2D eigenvalue weighted by Gasteiger charge is 2.30. The fourth-order valence-electron chi connectivity index (χ4n) is 3.68. The molecule has 0 saturated carbocycles. The Hall–Kier alpha value is -4.13. The van der Waals surface area contributed by atoms with E-state index in [1.54, 1.807) is 30.5 Å². The molecule has 1 unspecified atom stereocenters. The van der Waals surface area contributed by atoms with Gasteiger partial charge in [-0.25, -0.2) is 18.4 Å². The number of nitrogens with zero attached hydrogens (tertiary/aromatic N) is 3. The van der Waals surface area contributed by atoms with Crippen LogP contribution in [0.1, 0.15) is 0 Å². The second kappa shape index (κ2) is 13.3. The number of benzene rings is 2. The summed E-state index contributed by atoms with van der Waals surface area (Å²) in [6, 6.07) is 19.1. The number of nitrogens with one attached hydrogen (secondary N) is 4. The second-order valence-corrected chi connectivity index (χ2v) is 11.4. The number of anilines is 4. The van der Waals surface area contributed by atoms with Gasteiger partial charge in [0.15, 0.2) is 5.37 Å². The van der Waals surface area contributed by atoms with Gasteiger partial charge in [-0.05, 0) is 66.7 Å².